The summed E-state index contributed by atoms with van der Waals surface area (Å²) in [5.41, 5.74) is 2.38. The Morgan fingerprint density at radius 3 is 2.52 bits per heavy atom. The molecule has 0 saturated heterocycles. The summed E-state index contributed by atoms with van der Waals surface area (Å²) in [6.07, 6.45) is 0. The normalized spacial score (nSPS) is 10.7. The highest BCUT2D eigenvalue weighted by molar-refractivity contribution is 14.1. The maximum Gasteiger partial charge on any atom is 0.174 e. The van der Waals surface area contributed by atoms with Crippen LogP contribution < -0.4 is 14.8 Å². The van der Waals surface area contributed by atoms with Crippen molar-refractivity contribution in [2.75, 3.05) is 11.9 Å². The minimum absolute atomic E-state index is 0.129. The number of ether oxygens (including phenoxy) is 2. The van der Waals surface area contributed by atoms with Crippen molar-refractivity contribution in [2.45, 2.75) is 20.1 Å². The number of nitrogens with one attached hydrogen (secondary N) is 1. The fourth-order valence-corrected chi connectivity index (χ4v) is 3.82. The van der Waals surface area contributed by atoms with Crippen molar-refractivity contribution in [2.24, 2.45) is 0 Å². The predicted octanol–water partition coefficient (Wildman–Crippen LogP) is 7.33. The third kappa shape index (κ3) is 5.90. The molecule has 29 heavy (non-hydrogen) atoms. The molecule has 0 heterocycles. The van der Waals surface area contributed by atoms with Crippen molar-refractivity contribution >= 4 is 51.5 Å². The lowest BCUT2D eigenvalue weighted by molar-refractivity contribution is 0.264. The third-order valence-electron chi connectivity index (χ3n) is 4.12. The van der Waals surface area contributed by atoms with E-state index in [0.717, 1.165) is 14.8 Å². The molecule has 7 heteroatoms. The molecular formula is C22H19Cl2FINO2. The quantitative estimate of drug-likeness (QED) is 0.301. The average molecular weight is 546 g/mol. The molecule has 3 nitrogen and oxygen atoms in total. The highest BCUT2D eigenvalue weighted by Gasteiger charge is 2.14. The summed E-state index contributed by atoms with van der Waals surface area (Å²) in [5, 5.41) is 4.33. The number of halogens is 4. The largest absolute Gasteiger partial charge is 0.490 e. The molecule has 0 saturated carbocycles. The second kappa shape index (κ2) is 10.4. The standard InChI is InChI=1S/C22H19Cl2FINO2/c1-2-28-21-10-14(12-27-16-7-8-17(23)18(24)11-16)9-20(26)22(21)29-13-15-5-3-4-6-19(15)25/h3-11,27H,2,12-13H2,1H3. The SMILES string of the molecule is CCOc1cc(CNc2ccc(Cl)c(Cl)c2)cc(I)c1OCc1ccccc1F. The van der Waals surface area contributed by atoms with Gasteiger partial charge in [-0.25, -0.2) is 4.39 Å². The van der Waals surface area contributed by atoms with Crippen LogP contribution in [0.3, 0.4) is 0 Å². The first kappa shape index (κ1) is 22.0. The van der Waals surface area contributed by atoms with E-state index in [2.05, 4.69) is 27.9 Å². The van der Waals surface area contributed by atoms with Gasteiger partial charge in [0.25, 0.3) is 0 Å². The van der Waals surface area contributed by atoms with Gasteiger partial charge in [-0.2, -0.15) is 0 Å². The van der Waals surface area contributed by atoms with E-state index in [0.29, 0.717) is 40.3 Å². The predicted molar refractivity (Wildman–Crippen MR) is 125 cm³/mol. The molecule has 0 atom stereocenters. The van der Waals surface area contributed by atoms with Crippen molar-refractivity contribution in [3.05, 3.63) is 85.2 Å². The van der Waals surface area contributed by atoms with Crippen LogP contribution in [-0.4, -0.2) is 6.61 Å². The molecule has 0 aliphatic heterocycles. The monoisotopic (exact) mass is 545 g/mol. The Labute approximate surface area is 193 Å². The molecule has 0 aromatic heterocycles. The number of hydrogen-bond donors (Lipinski definition) is 1. The van der Waals surface area contributed by atoms with Gasteiger partial charge >= 0.3 is 0 Å². The average Bonchev–Trinajstić information content (AvgIpc) is 2.70. The van der Waals surface area contributed by atoms with Crippen molar-refractivity contribution in [3.63, 3.8) is 0 Å². The Bertz CT molecular complexity index is 1000. The summed E-state index contributed by atoms with van der Waals surface area (Å²) in [7, 11) is 0. The fraction of sp³-hybridized carbons (Fsp3) is 0.182. The molecule has 0 amide bonds. The Morgan fingerprint density at radius 2 is 1.79 bits per heavy atom. The highest BCUT2D eigenvalue weighted by Crippen LogP contribution is 2.35. The zero-order valence-corrected chi connectivity index (χ0v) is 19.3. The van der Waals surface area contributed by atoms with Gasteiger partial charge in [0.2, 0.25) is 0 Å². The zero-order valence-electron chi connectivity index (χ0n) is 15.6. The van der Waals surface area contributed by atoms with Gasteiger partial charge in [-0.3, -0.25) is 0 Å². The van der Waals surface area contributed by atoms with E-state index in [1.54, 1.807) is 30.3 Å². The van der Waals surface area contributed by atoms with Crippen LogP contribution >= 0.6 is 45.8 Å². The van der Waals surface area contributed by atoms with E-state index in [1.165, 1.54) is 6.07 Å². The summed E-state index contributed by atoms with van der Waals surface area (Å²) in [6.45, 7) is 3.11. The van der Waals surface area contributed by atoms with Gasteiger partial charge in [0.1, 0.15) is 12.4 Å². The van der Waals surface area contributed by atoms with Gasteiger partial charge < -0.3 is 14.8 Å². The van der Waals surface area contributed by atoms with E-state index >= 15 is 0 Å². The lowest BCUT2D eigenvalue weighted by atomic mass is 10.2. The van der Waals surface area contributed by atoms with E-state index in [9.17, 15) is 4.39 Å². The molecular weight excluding hydrogens is 527 g/mol. The number of hydrogen-bond acceptors (Lipinski definition) is 3. The second-order valence-electron chi connectivity index (χ2n) is 6.20. The van der Waals surface area contributed by atoms with E-state index < -0.39 is 0 Å². The van der Waals surface area contributed by atoms with Crippen LogP contribution in [0.4, 0.5) is 10.1 Å². The first-order chi connectivity index (χ1) is 14.0. The molecule has 0 spiro atoms. The van der Waals surface area contributed by atoms with Crippen LogP contribution in [0.15, 0.2) is 54.6 Å². The lowest BCUT2D eigenvalue weighted by Crippen LogP contribution is -2.05. The third-order valence-corrected chi connectivity index (χ3v) is 5.66. The summed E-state index contributed by atoms with van der Waals surface area (Å²) < 4.78 is 26.4. The Hall–Kier alpha value is -1.70. The van der Waals surface area contributed by atoms with Crippen molar-refractivity contribution < 1.29 is 13.9 Å². The fourth-order valence-electron chi connectivity index (χ4n) is 2.70. The summed E-state index contributed by atoms with van der Waals surface area (Å²) >= 11 is 14.2. The lowest BCUT2D eigenvalue weighted by Gasteiger charge is -2.16. The number of benzene rings is 3. The van der Waals surface area contributed by atoms with Gasteiger partial charge in [0.15, 0.2) is 11.5 Å². The molecule has 3 rings (SSSR count). The first-order valence-electron chi connectivity index (χ1n) is 8.98. The van der Waals surface area contributed by atoms with Crippen LogP contribution in [0.25, 0.3) is 0 Å². The molecule has 0 fully saturated rings. The topological polar surface area (TPSA) is 30.5 Å². The smallest absolute Gasteiger partial charge is 0.174 e. The minimum atomic E-state index is -0.289. The van der Waals surface area contributed by atoms with E-state index in [-0.39, 0.29) is 12.4 Å². The minimum Gasteiger partial charge on any atom is -0.490 e. The van der Waals surface area contributed by atoms with Crippen LogP contribution in [0.1, 0.15) is 18.1 Å². The molecule has 1 N–H and O–H groups in total. The van der Waals surface area contributed by atoms with Crippen molar-refractivity contribution in [1.29, 1.82) is 0 Å². The zero-order chi connectivity index (χ0) is 20.8. The second-order valence-corrected chi connectivity index (χ2v) is 8.18. The maximum absolute atomic E-state index is 13.9. The van der Waals surface area contributed by atoms with Crippen LogP contribution in [-0.2, 0) is 13.2 Å². The van der Waals surface area contributed by atoms with Crippen LogP contribution in [0, 0.1) is 9.39 Å². The maximum atomic E-state index is 13.9. The molecule has 0 aliphatic rings. The highest BCUT2D eigenvalue weighted by atomic mass is 127. The first-order valence-corrected chi connectivity index (χ1v) is 10.8. The molecule has 0 bridgehead atoms. The summed E-state index contributed by atoms with van der Waals surface area (Å²) in [6, 6.07) is 15.9. The molecule has 0 aliphatic carbocycles. The summed E-state index contributed by atoms with van der Waals surface area (Å²) in [4.78, 5) is 0. The molecule has 152 valence electrons. The van der Waals surface area contributed by atoms with Gasteiger partial charge in [-0.1, -0.05) is 41.4 Å². The Kier molecular flexibility index (Phi) is 7.86. The van der Waals surface area contributed by atoms with Gasteiger partial charge in [0, 0.05) is 17.8 Å². The Morgan fingerprint density at radius 1 is 1.00 bits per heavy atom. The van der Waals surface area contributed by atoms with E-state index in [4.69, 9.17) is 32.7 Å². The van der Waals surface area contributed by atoms with E-state index in [1.807, 2.05) is 25.1 Å². The molecule has 3 aromatic carbocycles. The number of rotatable bonds is 8. The molecule has 3 aromatic rings. The molecule has 0 unspecified atom stereocenters. The van der Waals surface area contributed by atoms with Crippen molar-refractivity contribution in [3.8, 4) is 11.5 Å². The van der Waals surface area contributed by atoms with Crippen LogP contribution in [0.2, 0.25) is 10.0 Å². The van der Waals surface area contributed by atoms with Gasteiger partial charge in [-0.15, -0.1) is 0 Å². The Balaban J connectivity index is 1.76. The summed E-state index contributed by atoms with van der Waals surface area (Å²) in [5.74, 6) is 0.943. The van der Waals surface area contributed by atoms with Gasteiger partial charge in [0.05, 0.1) is 20.2 Å². The molecule has 0 radical (unpaired) electrons. The van der Waals surface area contributed by atoms with Gasteiger partial charge in [-0.05, 0) is 71.5 Å². The number of anilines is 1. The van der Waals surface area contributed by atoms with Crippen LogP contribution in [0.5, 0.6) is 11.5 Å². The van der Waals surface area contributed by atoms with Crippen molar-refractivity contribution in [1.82, 2.24) is 0 Å².